The summed E-state index contributed by atoms with van der Waals surface area (Å²) in [7, 11) is 1.65. The van der Waals surface area contributed by atoms with E-state index in [1.807, 2.05) is 0 Å². The molecule has 0 aromatic rings. The van der Waals surface area contributed by atoms with Gasteiger partial charge < -0.3 is 15.4 Å². The number of hydrogen-bond acceptors (Lipinski definition) is 3. The van der Waals surface area contributed by atoms with Crippen LogP contribution in [0.15, 0.2) is 4.99 Å². The molecule has 2 N–H and O–H groups in total. The molecule has 0 aliphatic carbocycles. The predicted molar refractivity (Wildman–Crippen MR) is 96.5 cm³/mol. The molecule has 1 rings (SSSR count). The lowest BCUT2D eigenvalue weighted by Crippen LogP contribution is -2.46. The van der Waals surface area contributed by atoms with E-state index in [0.717, 1.165) is 0 Å². The van der Waals surface area contributed by atoms with Crippen LogP contribution in [0, 0.1) is 5.92 Å². The Balaban J connectivity index is 0.00000484. The number of ether oxygens (including phenoxy) is 1. The lowest BCUT2D eigenvalue weighted by molar-refractivity contribution is -0.143. The Morgan fingerprint density at radius 3 is 2.65 bits per heavy atom. The second-order valence-corrected chi connectivity index (χ2v) is 5.95. The summed E-state index contributed by atoms with van der Waals surface area (Å²) in [6.45, 7) is 6.05. The SMILES string of the molecule is CN=C(NCCOCC(C)C)NC1CCN(CC(F)(F)F)C1.I. The van der Waals surface area contributed by atoms with Gasteiger partial charge in [-0.1, -0.05) is 13.8 Å². The Labute approximate surface area is 153 Å². The molecule has 1 aliphatic rings. The molecule has 1 atom stereocenters. The Morgan fingerprint density at radius 1 is 1.39 bits per heavy atom. The maximum atomic E-state index is 12.3. The first kappa shape index (κ1) is 22.7. The summed E-state index contributed by atoms with van der Waals surface area (Å²) < 4.78 is 42.5. The Hall–Kier alpha value is -0.290. The maximum Gasteiger partial charge on any atom is 0.401 e. The van der Waals surface area contributed by atoms with E-state index in [4.69, 9.17) is 4.74 Å². The lowest BCUT2D eigenvalue weighted by atomic mass is 10.2. The van der Waals surface area contributed by atoms with Gasteiger partial charge in [-0.2, -0.15) is 13.2 Å². The van der Waals surface area contributed by atoms with Crippen molar-refractivity contribution in [3.63, 3.8) is 0 Å². The molecule has 1 fully saturated rings. The third kappa shape index (κ3) is 11.0. The van der Waals surface area contributed by atoms with Gasteiger partial charge in [0.1, 0.15) is 0 Å². The smallest absolute Gasteiger partial charge is 0.379 e. The minimum absolute atomic E-state index is 0. The average Bonchev–Trinajstić information content (AvgIpc) is 2.81. The fourth-order valence-electron chi connectivity index (χ4n) is 2.30. The number of likely N-dealkylation sites (tertiary alicyclic amines) is 1. The molecule has 0 radical (unpaired) electrons. The third-order valence-corrected chi connectivity index (χ3v) is 3.23. The number of rotatable bonds is 7. The van der Waals surface area contributed by atoms with Crippen LogP contribution in [-0.4, -0.2) is 69.5 Å². The van der Waals surface area contributed by atoms with Crippen molar-refractivity contribution in [1.29, 1.82) is 0 Å². The van der Waals surface area contributed by atoms with Crippen LogP contribution in [0.25, 0.3) is 0 Å². The van der Waals surface area contributed by atoms with E-state index in [0.29, 0.717) is 51.1 Å². The fourth-order valence-corrected chi connectivity index (χ4v) is 2.30. The highest BCUT2D eigenvalue weighted by atomic mass is 127. The number of nitrogens with zero attached hydrogens (tertiary/aromatic N) is 2. The zero-order valence-corrected chi connectivity index (χ0v) is 16.3. The van der Waals surface area contributed by atoms with E-state index in [-0.39, 0.29) is 30.0 Å². The number of halogens is 4. The molecular weight excluding hydrogens is 424 g/mol. The van der Waals surface area contributed by atoms with E-state index in [1.165, 1.54) is 4.90 Å². The predicted octanol–water partition coefficient (Wildman–Crippen LogP) is 2.08. The molecule has 0 amide bonds. The van der Waals surface area contributed by atoms with Crippen molar-refractivity contribution in [3.05, 3.63) is 0 Å². The second kappa shape index (κ2) is 11.3. The van der Waals surface area contributed by atoms with Gasteiger partial charge >= 0.3 is 6.18 Å². The summed E-state index contributed by atoms with van der Waals surface area (Å²) >= 11 is 0. The average molecular weight is 452 g/mol. The van der Waals surface area contributed by atoms with E-state index in [9.17, 15) is 13.2 Å². The molecule has 9 heteroatoms. The maximum absolute atomic E-state index is 12.3. The molecule has 1 saturated heterocycles. The van der Waals surface area contributed by atoms with Crippen molar-refractivity contribution in [1.82, 2.24) is 15.5 Å². The van der Waals surface area contributed by atoms with Crippen molar-refractivity contribution in [3.8, 4) is 0 Å². The van der Waals surface area contributed by atoms with Crippen molar-refractivity contribution < 1.29 is 17.9 Å². The Bertz CT molecular complexity index is 353. The first-order valence-electron chi connectivity index (χ1n) is 7.64. The van der Waals surface area contributed by atoms with Crippen LogP contribution in [0.5, 0.6) is 0 Å². The number of alkyl halides is 3. The first-order chi connectivity index (χ1) is 10.3. The molecule has 1 heterocycles. The molecule has 0 bridgehead atoms. The van der Waals surface area contributed by atoms with Crippen molar-refractivity contribution in [2.24, 2.45) is 10.9 Å². The van der Waals surface area contributed by atoms with Gasteiger partial charge in [-0.05, 0) is 12.3 Å². The van der Waals surface area contributed by atoms with Crippen LogP contribution < -0.4 is 10.6 Å². The molecule has 0 spiro atoms. The second-order valence-electron chi connectivity index (χ2n) is 5.95. The number of nitrogens with one attached hydrogen (secondary N) is 2. The van der Waals surface area contributed by atoms with Crippen LogP contribution in [0.4, 0.5) is 13.2 Å². The van der Waals surface area contributed by atoms with E-state index in [2.05, 4.69) is 29.5 Å². The molecule has 23 heavy (non-hydrogen) atoms. The number of aliphatic imine (C=N–C) groups is 1. The van der Waals surface area contributed by atoms with Gasteiger partial charge in [0.15, 0.2) is 5.96 Å². The summed E-state index contributed by atoms with van der Waals surface area (Å²) in [5, 5.41) is 6.26. The zero-order chi connectivity index (χ0) is 16.6. The van der Waals surface area contributed by atoms with Gasteiger partial charge in [0.25, 0.3) is 0 Å². The molecule has 1 aliphatic heterocycles. The van der Waals surface area contributed by atoms with E-state index < -0.39 is 12.7 Å². The molecule has 5 nitrogen and oxygen atoms in total. The van der Waals surface area contributed by atoms with Gasteiger partial charge in [-0.25, -0.2) is 0 Å². The van der Waals surface area contributed by atoms with E-state index >= 15 is 0 Å². The highest BCUT2D eigenvalue weighted by molar-refractivity contribution is 14.0. The number of hydrogen-bond donors (Lipinski definition) is 2. The molecule has 0 aromatic heterocycles. The van der Waals surface area contributed by atoms with Gasteiger partial charge in [0.2, 0.25) is 0 Å². The van der Waals surface area contributed by atoms with Crippen LogP contribution in [0.3, 0.4) is 0 Å². The zero-order valence-electron chi connectivity index (χ0n) is 13.9. The Morgan fingerprint density at radius 2 is 2.09 bits per heavy atom. The monoisotopic (exact) mass is 452 g/mol. The minimum Gasteiger partial charge on any atom is -0.379 e. The van der Waals surface area contributed by atoms with Crippen molar-refractivity contribution in [2.45, 2.75) is 32.5 Å². The minimum atomic E-state index is -4.14. The summed E-state index contributed by atoms with van der Waals surface area (Å²) in [6.07, 6.45) is -3.46. The van der Waals surface area contributed by atoms with Crippen LogP contribution in [0.1, 0.15) is 20.3 Å². The molecular formula is C14H28F3IN4O. The normalized spacial score (nSPS) is 19.8. The summed E-state index contributed by atoms with van der Waals surface area (Å²) in [5.41, 5.74) is 0. The molecule has 0 aromatic carbocycles. The van der Waals surface area contributed by atoms with Gasteiger partial charge in [-0.15, -0.1) is 24.0 Å². The fraction of sp³-hybridized carbons (Fsp3) is 0.929. The summed E-state index contributed by atoms with van der Waals surface area (Å²) in [6, 6.07) is -0.00914. The van der Waals surface area contributed by atoms with Gasteiger partial charge in [0.05, 0.1) is 13.2 Å². The van der Waals surface area contributed by atoms with Crippen LogP contribution in [0.2, 0.25) is 0 Å². The van der Waals surface area contributed by atoms with Gasteiger partial charge in [0, 0.05) is 39.3 Å². The molecule has 138 valence electrons. The van der Waals surface area contributed by atoms with Crippen LogP contribution >= 0.6 is 24.0 Å². The topological polar surface area (TPSA) is 48.9 Å². The Kier molecular flexibility index (Phi) is 11.2. The highest BCUT2D eigenvalue weighted by Gasteiger charge is 2.34. The lowest BCUT2D eigenvalue weighted by Gasteiger charge is -2.19. The molecule has 1 unspecified atom stereocenters. The quantitative estimate of drug-likeness (QED) is 0.269. The largest absolute Gasteiger partial charge is 0.401 e. The number of guanidine groups is 1. The van der Waals surface area contributed by atoms with Crippen molar-refractivity contribution in [2.75, 3.05) is 46.4 Å². The van der Waals surface area contributed by atoms with Crippen LogP contribution in [-0.2, 0) is 4.74 Å². The standard InChI is InChI=1S/C14H27F3N4O.HI/c1-11(2)9-22-7-5-19-13(18-3)20-12-4-6-21(8-12)10-14(15,16)17;/h11-12H,4-10H2,1-3H3,(H2,18,19,20);1H. The third-order valence-electron chi connectivity index (χ3n) is 3.23. The van der Waals surface area contributed by atoms with E-state index in [1.54, 1.807) is 7.05 Å². The summed E-state index contributed by atoms with van der Waals surface area (Å²) in [5.74, 6) is 1.10. The molecule has 0 saturated carbocycles. The van der Waals surface area contributed by atoms with Gasteiger partial charge in [-0.3, -0.25) is 9.89 Å². The van der Waals surface area contributed by atoms with Crippen molar-refractivity contribution >= 4 is 29.9 Å². The highest BCUT2D eigenvalue weighted by Crippen LogP contribution is 2.19. The summed E-state index contributed by atoms with van der Waals surface area (Å²) in [4.78, 5) is 5.50. The first-order valence-corrected chi connectivity index (χ1v) is 7.64.